The normalized spacial score (nSPS) is 22.3. The van der Waals surface area contributed by atoms with Gasteiger partial charge in [0.25, 0.3) is 0 Å². The number of Topliss-reactive ketones (excluding diaryl/α,β-unsaturated/α-hetero) is 1. The van der Waals surface area contributed by atoms with E-state index in [2.05, 4.69) is 6.92 Å². The van der Waals surface area contributed by atoms with E-state index in [1.165, 1.54) is 0 Å². The van der Waals surface area contributed by atoms with Crippen molar-refractivity contribution in [2.75, 3.05) is 0 Å². The van der Waals surface area contributed by atoms with Crippen molar-refractivity contribution in [2.45, 2.75) is 45.1 Å². The molecule has 2 rings (SSSR count). The largest absolute Gasteiger partial charge is 0.462 e. The van der Waals surface area contributed by atoms with Crippen molar-refractivity contribution < 1.29 is 14.3 Å². The fourth-order valence-electron chi connectivity index (χ4n) is 2.54. The highest BCUT2D eigenvalue weighted by molar-refractivity contribution is 5.96. The minimum atomic E-state index is -0.160. The second kappa shape index (κ2) is 6.50. The van der Waals surface area contributed by atoms with E-state index in [9.17, 15) is 9.59 Å². The van der Waals surface area contributed by atoms with Crippen molar-refractivity contribution in [1.82, 2.24) is 0 Å². The first-order valence-corrected chi connectivity index (χ1v) is 6.98. The van der Waals surface area contributed by atoms with Gasteiger partial charge in [0.15, 0.2) is 5.78 Å². The van der Waals surface area contributed by atoms with Crippen LogP contribution >= 0.6 is 0 Å². The summed E-state index contributed by atoms with van der Waals surface area (Å²) in [6, 6.07) is 9.25. The number of ether oxygens (including phenoxy) is 1. The molecule has 1 aliphatic rings. The number of hydrogen-bond donors (Lipinski definition) is 0. The summed E-state index contributed by atoms with van der Waals surface area (Å²) in [6.07, 6.45) is 3.70. The molecular weight excluding hydrogens is 240 g/mol. The van der Waals surface area contributed by atoms with Gasteiger partial charge in [0, 0.05) is 17.9 Å². The lowest BCUT2D eigenvalue weighted by Gasteiger charge is -2.16. The molecule has 1 fully saturated rings. The van der Waals surface area contributed by atoms with Gasteiger partial charge in [0.2, 0.25) is 0 Å². The van der Waals surface area contributed by atoms with Crippen LogP contribution in [0.2, 0.25) is 0 Å². The van der Waals surface area contributed by atoms with Gasteiger partial charge < -0.3 is 4.74 Å². The second-order valence-electron chi connectivity index (χ2n) is 5.13. The highest BCUT2D eigenvalue weighted by atomic mass is 16.5. The molecule has 1 saturated heterocycles. The first-order valence-electron chi connectivity index (χ1n) is 6.98. The highest BCUT2D eigenvalue weighted by Gasteiger charge is 2.35. The van der Waals surface area contributed by atoms with Gasteiger partial charge in [0.1, 0.15) is 6.10 Å². The average molecular weight is 260 g/mol. The zero-order chi connectivity index (χ0) is 13.7. The van der Waals surface area contributed by atoms with E-state index >= 15 is 0 Å². The quantitative estimate of drug-likeness (QED) is 0.581. The summed E-state index contributed by atoms with van der Waals surface area (Å²) in [5, 5.41) is 0. The van der Waals surface area contributed by atoms with Crippen LogP contribution in [0, 0.1) is 5.92 Å². The Bertz CT molecular complexity index is 439. The summed E-state index contributed by atoms with van der Waals surface area (Å²) in [4.78, 5) is 23.6. The minimum absolute atomic E-state index is 0.0479. The molecule has 102 valence electrons. The number of carbonyl (C=O) groups excluding carboxylic acids is 2. The van der Waals surface area contributed by atoms with Crippen molar-refractivity contribution in [3.05, 3.63) is 35.9 Å². The number of rotatable bonds is 6. The van der Waals surface area contributed by atoms with Gasteiger partial charge in [-0.3, -0.25) is 9.59 Å². The number of hydrogen-bond acceptors (Lipinski definition) is 3. The zero-order valence-electron chi connectivity index (χ0n) is 11.3. The van der Waals surface area contributed by atoms with Gasteiger partial charge in [0.05, 0.1) is 6.42 Å². The summed E-state index contributed by atoms with van der Waals surface area (Å²) < 4.78 is 5.32. The standard InChI is InChI=1S/C16H20O3/c1-2-3-9-15-13(11-16(18)19-15)10-14(17)12-7-5-4-6-8-12/h4-8,13,15H,2-3,9-11H2,1H3/t13-,15-/m0/s1. The molecule has 0 spiro atoms. The number of benzene rings is 1. The van der Waals surface area contributed by atoms with Gasteiger partial charge >= 0.3 is 5.97 Å². The fraction of sp³-hybridized carbons (Fsp3) is 0.500. The van der Waals surface area contributed by atoms with Gasteiger partial charge in [-0.25, -0.2) is 0 Å². The second-order valence-corrected chi connectivity index (χ2v) is 5.13. The van der Waals surface area contributed by atoms with E-state index in [0.29, 0.717) is 12.8 Å². The molecular formula is C16H20O3. The molecule has 1 aliphatic heterocycles. The third kappa shape index (κ3) is 3.66. The van der Waals surface area contributed by atoms with Crippen LogP contribution in [0.1, 0.15) is 49.4 Å². The van der Waals surface area contributed by atoms with Crippen molar-refractivity contribution in [3.8, 4) is 0 Å². The third-order valence-corrected chi connectivity index (χ3v) is 3.62. The molecule has 3 heteroatoms. The van der Waals surface area contributed by atoms with Crippen molar-refractivity contribution in [2.24, 2.45) is 5.92 Å². The summed E-state index contributed by atoms with van der Waals surface area (Å²) >= 11 is 0. The van der Waals surface area contributed by atoms with Gasteiger partial charge in [-0.15, -0.1) is 0 Å². The molecule has 0 saturated carbocycles. The molecule has 0 bridgehead atoms. The Morgan fingerprint density at radius 1 is 1.32 bits per heavy atom. The molecule has 1 aromatic carbocycles. The number of unbranched alkanes of at least 4 members (excludes halogenated alkanes) is 1. The molecule has 19 heavy (non-hydrogen) atoms. The SMILES string of the molecule is CCCC[C@@H]1OC(=O)C[C@@H]1CC(=O)c1ccccc1. The number of carbonyl (C=O) groups is 2. The molecule has 1 heterocycles. The molecule has 1 aromatic rings. The molecule has 2 atom stereocenters. The molecule has 0 aliphatic carbocycles. The molecule has 0 unspecified atom stereocenters. The zero-order valence-corrected chi connectivity index (χ0v) is 11.3. The molecule has 0 aromatic heterocycles. The fourth-order valence-corrected chi connectivity index (χ4v) is 2.54. The summed E-state index contributed by atoms with van der Waals surface area (Å²) in [6.45, 7) is 2.11. The minimum Gasteiger partial charge on any atom is -0.462 e. The lowest BCUT2D eigenvalue weighted by atomic mass is 9.90. The summed E-state index contributed by atoms with van der Waals surface area (Å²) in [5.41, 5.74) is 0.719. The number of esters is 1. The van der Waals surface area contributed by atoms with E-state index in [4.69, 9.17) is 4.74 Å². The Hall–Kier alpha value is -1.64. The monoisotopic (exact) mass is 260 g/mol. The van der Waals surface area contributed by atoms with E-state index in [1.807, 2.05) is 30.3 Å². The van der Waals surface area contributed by atoms with Crippen LogP contribution in [0.3, 0.4) is 0 Å². The third-order valence-electron chi connectivity index (χ3n) is 3.62. The Labute approximate surface area is 114 Å². The lowest BCUT2D eigenvalue weighted by molar-refractivity contribution is -0.141. The van der Waals surface area contributed by atoms with Crippen LogP contribution in [-0.4, -0.2) is 17.9 Å². The number of cyclic esters (lactones) is 1. The molecule has 0 radical (unpaired) electrons. The maximum absolute atomic E-state index is 12.2. The first kappa shape index (κ1) is 13.8. The van der Waals surface area contributed by atoms with Crippen molar-refractivity contribution in [3.63, 3.8) is 0 Å². The van der Waals surface area contributed by atoms with Crippen molar-refractivity contribution in [1.29, 1.82) is 0 Å². The Morgan fingerprint density at radius 2 is 2.05 bits per heavy atom. The van der Waals surface area contributed by atoms with Gasteiger partial charge in [-0.2, -0.15) is 0 Å². The summed E-state index contributed by atoms with van der Waals surface area (Å²) in [5.74, 6) is -0.0101. The molecule has 0 N–H and O–H groups in total. The Balaban J connectivity index is 1.97. The Kier molecular flexibility index (Phi) is 4.72. The topological polar surface area (TPSA) is 43.4 Å². The predicted molar refractivity (Wildman–Crippen MR) is 72.9 cm³/mol. The lowest BCUT2D eigenvalue weighted by Crippen LogP contribution is -2.19. The maximum Gasteiger partial charge on any atom is 0.306 e. The van der Waals surface area contributed by atoms with Gasteiger partial charge in [-0.05, 0) is 6.42 Å². The van der Waals surface area contributed by atoms with Crippen LogP contribution in [0.4, 0.5) is 0 Å². The predicted octanol–water partition coefficient (Wildman–Crippen LogP) is 3.38. The van der Waals surface area contributed by atoms with Crippen LogP contribution in [0.5, 0.6) is 0 Å². The van der Waals surface area contributed by atoms with Crippen LogP contribution in [0.25, 0.3) is 0 Å². The number of ketones is 1. The van der Waals surface area contributed by atoms with E-state index in [-0.39, 0.29) is 23.8 Å². The van der Waals surface area contributed by atoms with Crippen LogP contribution in [0.15, 0.2) is 30.3 Å². The average Bonchev–Trinajstić information content (AvgIpc) is 2.77. The highest BCUT2D eigenvalue weighted by Crippen LogP contribution is 2.29. The van der Waals surface area contributed by atoms with Gasteiger partial charge in [-0.1, -0.05) is 50.1 Å². The molecule has 3 nitrogen and oxygen atoms in total. The summed E-state index contributed by atoms with van der Waals surface area (Å²) in [7, 11) is 0. The molecule has 0 amide bonds. The first-order chi connectivity index (χ1) is 9.20. The van der Waals surface area contributed by atoms with Crippen LogP contribution < -0.4 is 0 Å². The maximum atomic E-state index is 12.2. The van der Waals surface area contributed by atoms with E-state index < -0.39 is 0 Å². The smallest absolute Gasteiger partial charge is 0.306 e. The van der Waals surface area contributed by atoms with E-state index in [1.54, 1.807) is 0 Å². The van der Waals surface area contributed by atoms with Crippen LogP contribution in [-0.2, 0) is 9.53 Å². The van der Waals surface area contributed by atoms with Crippen molar-refractivity contribution >= 4 is 11.8 Å². The Morgan fingerprint density at radius 3 is 2.74 bits per heavy atom. The van der Waals surface area contributed by atoms with E-state index in [0.717, 1.165) is 24.8 Å².